The number of amides is 1. The standard InChI is InChI=1S/C26H27Cl2NO4S/c1-4-32-26(31)24-20(18-9-7-17(8-10-18)16(2)3)15-34-25(24)29-23(30)6-5-13-33-22-12-11-19(27)14-21(22)28/h7-12,14-16H,4-6,13H2,1-3H3,(H,29,30). The maximum Gasteiger partial charge on any atom is 0.341 e. The van der Waals surface area contributed by atoms with Gasteiger partial charge in [0.2, 0.25) is 5.91 Å². The smallest absolute Gasteiger partial charge is 0.341 e. The molecule has 2 aromatic carbocycles. The Kier molecular flexibility index (Phi) is 9.39. The van der Waals surface area contributed by atoms with Crippen LogP contribution in [-0.4, -0.2) is 25.1 Å². The monoisotopic (exact) mass is 519 g/mol. The summed E-state index contributed by atoms with van der Waals surface area (Å²) in [5, 5.41) is 6.17. The average Bonchev–Trinajstić information content (AvgIpc) is 3.21. The normalized spacial score (nSPS) is 10.9. The number of hydrogen-bond acceptors (Lipinski definition) is 5. The van der Waals surface area contributed by atoms with Crippen molar-refractivity contribution in [2.24, 2.45) is 0 Å². The molecule has 0 aliphatic rings. The molecular weight excluding hydrogens is 493 g/mol. The maximum absolute atomic E-state index is 12.7. The Balaban J connectivity index is 1.67. The Morgan fingerprint density at radius 3 is 2.47 bits per heavy atom. The van der Waals surface area contributed by atoms with Crippen LogP contribution in [0.3, 0.4) is 0 Å². The molecule has 34 heavy (non-hydrogen) atoms. The molecule has 0 spiro atoms. The summed E-state index contributed by atoms with van der Waals surface area (Å²) in [6.07, 6.45) is 0.707. The van der Waals surface area contributed by atoms with Crippen molar-refractivity contribution in [1.82, 2.24) is 0 Å². The second-order valence-corrected chi connectivity index (χ2v) is 9.65. The molecule has 0 fully saturated rings. The second kappa shape index (κ2) is 12.2. The first-order valence-electron chi connectivity index (χ1n) is 11.1. The first-order valence-corrected chi connectivity index (χ1v) is 12.7. The molecule has 0 radical (unpaired) electrons. The SMILES string of the molecule is CCOC(=O)c1c(-c2ccc(C(C)C)cc2)csc1NC(=O)CCCOc1ccc(Cl)cc1Cl. The van der Waals surface area contributed by atoms with Crippen molar-refractivity contribution in [1.29, 1.82) is 0 Å². The minimum Gasteiger partial charge on any atom is -0.492 e. The highest BCUT2D eigenvalue weighted by atomic mass is 35.5. The number of benzene rings is 2. The first-order chi connectivity index (χ1) is 16.3. The molecule has 0 saturated heterocycles. The van der Waals surface area contributed by atoms with E-state index in [4.69, 9.17) is 32.7 Å². The van der Waals surface area contributed by atoms with Gasteiger partial charge in [0.15, 0.2) is 0 Å². The molecule has 3 rings (SSSR count). The van der Waals surface area contributed by atoms with Crippen molar-refractivity contribution >= 4 is 51.4 Å². The van der Waals surface area contributed by atoms with Crippen LogP contribution in [0.4, 0.5) is 5.00 Å². The number of thiophene rings is 1. The summed E-state index contributed by atoms with van der Waals surface area (Å²) in [5.74, 6) is 0.265. The molecule has 1 heterocycles. The van der Waals surface area contributed by atoms with Gasteiger partial charge in [0, 0.05) is 22.4 Å². The Morgan fingerprint density at radius 2 is 1.82 bits per heavy atom. The Labute approximate surface area is 214 Å². The van der Waals surface area contributed by atoms with Crippen LogP contribution in [0.15, 0.2) is 47.8 Å². The average molecular weight is 520 g/mol. The molecule has 8 heteroatoms. The Hall–Kier alpha value is -2.54. The van der Waals surface area contributed by atoms with Gasteiger partial charge < -0.3 is 14.8 Å². The lowest BCUT2D eigenvalue weighted by Crippen LogP contribution is -2.15. The third-order valence-corrected chi connectivity index (χ3v) is 6.54. The zero-order chi connectivity index (χ0) is 24.7. The molecule has 1 amide bonds. The van der Waals surface area contributed by atoms with E-state index in [1.165, 1.54) is 16.9 Å². The largest absolute Gasteiger partial charge is 0.492 e. The number of rotatable bonds is 10. The zero-order valence-corrected chi connectivity index (χ0v) is 21.7. The van der Waals surface area contributed by atoms with E-state index in [1.807, 2.05) is 17.5 Å². The number of esters is 1. The van der Waals surface area contributed by atoms with Crippen molar-refractivity contribution in [2.75, 3.05) is 18.5 Å². The van der Waals surface area contributed by atoms with Crippen molar-refractivity contribution in [3.63, 3.8) is 0 Å². The van der Waals surface area contributed by atoms with Gasteiger partial charge in [-0.3, -0.25) is 4.79 Å². The number of carbonyl (C=O) groups is 2. The molecule has 1 N–H and O–H groups in total. The van der Waals surface area contributed by atoms with Gasteiger partial charge in [0.1, 0.15) is 16.3 Å². The van der Waals surface area contributed by atoms with Crippen molar-refractivity contribution < 1.29 is 19.1 Å². The number of hydrogen-bond donors (Lipinski definition) is 1. The fourth-order valence-electron chi connectivity index (χ4n) is 3.31. The fourth-order valence-corrected chi connectivity index (χ4v) is 4.75. The van der Waals surface area contributed by atoms with Gasteiger partial charge in [-0.1, -0.05) is 61.3 Å². The van der Waals surface area contributed by atoms with Crippen LogP contribution in [0, 0.1) is 0 Å². The van der Waals surface area contributed by atoms with Crippen molar-refractivity contribution in [3.05, 3.63) is 69.0 Å². The molecule has 0 atom stereocenters. The highest BCUT2D eigenvalue weighted by Gasteiger charge is 2.23. The van der Waals surface area contributed by atoms with Crippen LogP contribution in [0.5, 0.6) is 5.75 Å². The van der Waals surface area contributed by atoms with E-state index in [0.717, 1.165) is 11.1 Å². The van der Waals surface area contributed by atoms with Gasteiger partial charge in [-0.25, -0.2) is 4.79 Å². The highest BCUT2D eigenvalue weighted by Crippen LogP contribution is 2.37. The number of nitrogens with one attached hydrogen (secondary N) is 1. The summed E-state index contributed by atoms with van der Waals surface area (Å²) in [6.45, 7) is 6.58. The van der Waals surface area contributed by atoms with E-state index in [1.54, 1.807) is 25.1 Å². The van der Waals surface area contributed by atoms with Gasteiger partial charge in [0.25, 0.3) is 0 Å². The number of halogens is 2. The van der Waals surface area contributed by atoms with Gasteiger partial charge in [-0.2, -0.15) is 0 Å². The van der Waals surface area contributed by atoms with Crippen LogP contribution < -0.4 is 10.1 Å². The predicted octanol–water partition coefficient (Wildman–Crippen LogP) is 7.82. The minimum atomic E-state index is -0.456. The quantitative estimate of drug-likeness (QED) is 0.219. The van der Waals surface area contributed by atoms with Crippen LogP contribution in [0.25, 0.3) is 11.1 Å². The second-order valence-electron chi connectivity index (χ2n) is 7.93. The van der Waals surface area contributed by atoms with Crippen LogP contribution in [0.1, 0.15) is 55.5 Å². The maximum atomic E-state index is 12.7. The van der Waals surface area contributed by atoms with Crippen LogP contribution in [-0.2, 0) is 9.53 Å². The van der Waals surface area contributed by atoms with Crippen LogP contribution in [0.2, 0.25) is 10.0 Å². The number of ether oxygens (including phenoxy) is 2. The third-order valence-electron chi connectivity index (χ3n) is 5.11. The summed E-state index contributed by atoms with van der Waals surface area (Å²) in [6, 6.07) is 13.1. The van der Waals surface area contributed by atoms with Gasteiger partial charge in [-0.15, -0.1) is 11.3 Å². The molecule has 1 aromatic heterocycles. The fraction of sp³-hybridized carbons (Fsp3) is 0.308. The van der Waals surface area contributed by atoms with Crippen molar-refractivity contribution in [2.45, 2.75) is 39.5 Å². The third kappa shape index (κ3) is 6.75. The first kappa shape index (κ1) is 26.1. The molecule has 0 saturated carbocycles. The minimum absolute atomic E-state index is 0.208. The highest BCUT2D eigenvalue weighted by molar-refractivity contribution is 7.15. The summed E-state index contributed by atoms with van der Waals surface area (Å²) >= 11 is 13.3. The zero-order valence-electron chi connectivity index (χ0n) is 19.3. The van der Waals surface area contributed by atoms with Gasteiger partial charge >= 0.3 is 5.97 Å². The number of carbonyl (C=O) groups excluding carboxylic acids is 2. The molecule has 180 valence electrons. The number of anilines is 1. The van der Waals surface area contributed by atoms with Gasteiger partial charge in [0.05, 0.1) is 18.2 Å². The molecule has 0 aliphatic heterocycles. The van der Waals surface area contributed by atoms with E-state index in [2.05, 4.69) is 31.3 Å². The Bertz CT molecular complexity index is 1140. The van der Waals surface area contributed by atoms with Gasteiger partial charge in [-0.05, 0) is 48.6 Å². The molecule has 0 aliphatic carbocycles. The molecule has 0 bridgehead atoms. The van der Waals surface area contributed by atoms with E-state index < -0.39 is 5.97 Å². The lowest BCUT2D eigenvalue weighted by molar-refractivity contribution is -0.116. The topological polar surface area (TPSA) is 64.6 Å². The van der Waals surface area contributed by atoms with E-state index in [0.29, 0.717) is 45.3 Å². The lowest BCUT2D eigenvalue weighted by Gasteiger charge is -2.11. The van der Waals surface area contributed by atoms with E-state index >= 15 is 0 Å². The van der Waals surface area contributed by atoms with Crippen LogP contribution >= 0.6 is 34.5 Å². The molecular formula is C26H27Cl2NO4S. The lowest BCUT2D eigenvalue weighted by atomic mass is 9.98. The summed E-state index contributed by atoms with van der Waals surface area (Å²) in [4.78, 5) is 25.3. The molecule has 5 nitrogen and oxygen atoms in total. The Morgan fingerprint density at radius 1 is 1.09 bits per heavy atom. The summed E-state index contributed by atoms with van der Waals surface area (Å²) in [5.41, 5.74) is 3.24. The molecule has 0 unspecified atom stereocenters. The summed E-state index contributed by atoms with van der Waals surface area (Å²) in [7, 11) is 0. The summed E-state index contributed by atoms with van der Waals surface area (Å²) < 4.78 is 10.9. The van der Waals surface area contributed by atoms with E-state index in [-0.39, 0.29) is 18.9 Å². The van der Waals surface area contributed by atoms with Crippen molar-refractivity contribution in [3.8, 4) is 16.9 Å². The van der Waals surface area contributed by atoms with E-state index in [9.17, 15) is 9.59 Å². The predicted molar refractivity (Wildman–Crippen MR) is 140 cm³/mol. The molecule has 3 aromatic rings.